The molecule has 8 heteroatoms. The molecule has 0 bridgehead atoms. The van der Waals surface area contributed by atoms with E-state index in [-0.39, 0.29) is 24.3 Å². The molecule has 1 fully saturated rings. The highest BCUT2D eigenvalue weighted by atomic mass is 16.2. The lowest BCUT2D eigenvalue weighted by molar-refractivity contribution is -0.138. The van der Waals surface area contributed by atoms with Crippen molar-refractivity contribution in [2.45, 2.75) is 38.1 Å². The van der Waals surface area contributed by atoms with Crippen molar-refractivity contribution in [3.63, 3.8) is 0 Å². The highest BCUT2D eigenvalue weighted by Gasteiger charge is 2.21. The van der Waals surface area contributed by atoms with Crippen molar-refractivity contribution in [2.24, 2.45) is 16.5 Å². The third kappa shape index (κ3) is 6.73. The maximum Gasteiger partial charge on any atom is 0.240 e. The van der Waals surface area contributed by atoms with E-state index in [0.717, 1.165) is 12.8 Å². The molecule has 1 saturated heterocycles. The summed E-state index contributed by atoms with van der Waals surface area (Å²) in [5, 5.41) is 2.61. The van der Waals surface area contributed by atoms with E-state index >= 15 is 0 Å². The first-order chi connectivity index (χ1) is 10.0. The molecule has 5 N–H and O–H groups in total. The highest BCUT2D eigenvalue weighted by molar-refractivity contribution is 5.86. The molecule has 1 heterocycles. The van der Waals surface area contributed by atoms with Crippen molar-refractivity contribution in [2.75, 3.05) is 19.6 Å². The van der Waals surface area contributed by atoms with Crippen molar-refractivity contribution < 1.29 is 14.4 Å². The van der Waals surface area contributed by atoms with Crippen molar-refractivity contribution in [1.29, 1.82) is 0 Å². The molecule has 0 unspecified atom stereocenters. The average Bonchev–Trinajstić information content (AvgIpc) is 2.44. The Balaban J connectivity index is 2.31. The van der Waals surface area contributed by atoms with E-state index < -0.39 is 6.04 Å². The summed E-state index contributed by atoms with van der Waals surface area (Å²) < 4.78 is 0. The Morgan fingerprint density at radius 1 is 1.43 bits per heavy atom. The van der Waals surface area contributed by atoms with E-state index in [4.69, 9.17) is 11.5 Å². The van der Waals surface area contributed by atoms with Crippen LogP contribution in [0.2, 0.25) is 0 Å². The van der Waals surface area contributed by atoms with Gasteiger partial charge in [-0.1, -0.05) is 0 Å². The fraction of sp³-hybridized carbons (Fsp3) is 0.692. The van der Waals surface area contributed by atoms with Gasteiger partial charge in [0.15, 0.2) is 5.96 Å². The smallest absolute Gasteiger partial charge is 0.240 e. The van der Waals surface area contributed by atoms with Crippen LogP contribution in [-0.4, -0.2) is 54.6 Å². The van der Waals surface area contributed by atoms with Gasteiger partial charge >= 0.3 is 0 Å². The van der Waals surface area contributed by atoms with E-state index in [1.165, 1.54) is 4.90 Å². The molecule has 8 nitrogen and oxygen atoms in total. The van der Waals surface area contributed by atoms with Gasteiger partial charge < -0.3 is 26.5 Å². The van der Waals surface area contributed by atoms with Crippen LogP contribution in [0.3, 0.4) is 0 Å². The number of aliphatic imine (C=N–C) groups is 1. The molecule has 0 aliphatic carbocycles. The molecule has 1 rings (SSSR count). The summed E-state index contributed by atoms with van der Waals surface area (Å²) >= 11 is 0. The Kier molecular flexibility index (Phi) is 7.20. The number of carbonyl (C=O) groups is 3. The lowest BCUT2D eigenvalue weighted by Gasteiger charge is -2.26. The zero-order chi connectivity index (χ0) is 15.7. The van der Waals surface area contributed by atoms with Crippen molar-refractivity contribution in [3.05, 3.63) is 0 Å². The summed E-state index contributed by atoms with van der Waals surface area (Å²) in [6.45, 7) is 1.02. The van der Waals surface area contributed by atoms with Crippen molar-refractivity contribution in [3.8, 4) is 0 Å². The Labute approximate surface area is 123 Å². The zero-order valence-electron chi connectivity index (χ0n) is 12.1. The Hall–Kier alpha value is -2.12. The predicted octanol–water partition coefficient (Wildman–Crippen LogP) is -1.26. The van der Waals surface area contributed by atoms with E-state index in [0.29, 0.717) is 38.6 Å². The fourth-order valence-electron chi connectivity index (χ4n) is 2.15. The number of likely N-dealkylation sites (tertiary alicyclic amines) is 1. The molecule has 1 aliphatic rings. The van der Waals surface area contributed by atoms with Gasteiger partial charge in [0.2, 0.25) is 11.8 Å². The topological polar surface area (TPSA) is 131 Å². The number of nitrogens with one attached hydrogen (secondary N) is 1. The number of carbonyl (C=O) groups excluding carboxylic acids is 3. The summed E-state index contributed by atoms with van der Waals surface area (Å²) in [6.07, 6.45) is 4.01. The van der Waals surface area contributed by atoms with Crippen LogP contribution in [0.25, 0.3) is 0 Å². The summed E-state index contributed by atoms with van der Waals surface area (Å²) in [6, 6.07) is -0.577. The summed E-state index contributed by atoms with van der Waals surface area (Å²) in [5.41, 5.74) is 10.4. The first kappa shape index (κ1) is 16.9. The molecule has 0 spiro atoms. The number of hydrogen-bond donors (Lipinski definition) is 3. The van der Waals surface area contributed by atoms with E-state index in [1.54, 1.807) is 0 Å². The van der Waals surface area contributed by atoms with E-state index in [1.807, 2.05) is 0 Å². The van der Waals surface area contributed by atoms with Gasteiger partial charge in [-0.15, -0.1) is 0 Å². The van der Waals surface area contributed by atoms with Crippen LogP contribution < -0.4 is 16.8 Å². The first-order valence-corrected chi connectivity index (χ1v) is 7.10. The number of piperidine rings is 1. The van der Waals surface area contributed by atoms with Gasteiger partial charge in [-0.2, -0.15) is 0 Å². The molecule has 0 saturated carbocycles. The van der Waals surface area contributed by atoms with E-state index in [2.05, 4.69) is 10.3 Å². The normalized spacial score (nSPS) is 16.2. The van der Waals surface area contributed by atoms with Crippen LogP contribution >= 0.6 is 0 Å². The number of nitrogens with zero attached hydrogens (tertiary/aromatic N) is 2. The van der Waals surface area contributed by atoms with Crippen molar-refractivity contribution in [1.82, 2.24) is 10.2 Å². The van der Waals surface area contributed by atoms with Gasteiger partial charge in [-0.05, 0) is 25.7 Å². The lowest BCUT2D eigenvalue weighted by Crippen LogP contribution is -2.46. The number of amides is 2. The van der Waals surface area contributed by atoms with Gasteiger partial charge in [0.05, 0.1) is 12.6 Å². The highest BCUT2D eigenvalue weighted by Crippen LogP contribution is 2.09. The third-order valence-corrected chi connectivity index (χ3v) is 3.23. The van der Waals surface area contributed by atoms with Crippen LogP contribution in [0.4, 0.5) is 0 Å². The number of rotatable bonds is 8. The Morgan fingerprint density at radius 3 is 2.81 bits per heavy atom. The molecule has 2 amide bonds. The molecule has 0 aromatic heterocycles. The molecular weight excluding hydrogens is 274 g/mol. The quantitative estimate of drug-likeness (QED) is 0.223. The summed E-state index contributed by atoms with van der Waals surface area (Å²) in [5.74, 6) is -0.318. The second-order valence-electron chi connectivity index (χ2n) is 5.03. The number of nitrogens with two attached hydrogens (primary N) is 2. The van der Waals surface area contributed by atoms with Gasteiger partial charge in [-0.25, -0.2) is 0 Å². The summed E-state index contributed by atoms with van der Waals surface area (Å²) in [7, 11) is 0. The third-order valence-electron chi connectivity index (χ3n) is 3.23. The van der Waals surface area contributed by atoms with Gasteiger partial charge in [0.1, 0.15) is 6.29 Å². The van der Waals surface area contributed by atoms with Gasteiger partial charge in [0.25, 0.3) is 0 Å². The number of guanidine groups is 1. The molecule has 1 atom stereocenters. The minimum absolute atomic E-state index is 0.00491. The molecule has 1 aliphatic heterocycles. The van der Waals surface area contributed by atoms with Crippen LogP contribution in [0, 0.1) is 0 Å². The maximum atomic E-state index is 11.8. The second kappa shape index (κ2) is 8.93. The average molecular weight is 297 g/mol. The molecule has 0 aromatic rings. The number of hydrogen-bond acceptors (Lipinski definition) is 4. The van der Waals surface area contributed by atoms with Crippen LogP contribution in [0.1, 0.15) is 32.1 Å². The SMILES string of the molecule is NC(N)=NCCC[C@@H](C=O)NC(=O)CN1CCCCC1=O. The lowest BCUT2D eigenvalue weighted by atomic mass is 10.1. The largest absolute Gasteiger partial charge is 0.370 e. The Bertz CT molecular complexity index is 407. The van der Waals surface area contributed by atoms with Crippen LogP contribution in [0.15, 0.2) is 4.99 Å². The summed E-state index contributed by atoms with van der Waals surface area (Å²) in [4.78, 5) is 39.7. The molecule has 118 valence electrons. The van der Waals surface area contributed by atoms with E-state index in [9.17, 15) is 14.4 Å². The monoisotopic (exact) mass is 297 g/mol. The van der Waals surface area contributed by atoms with Gasteiger partial charge in [0, 0.05) is 19.5 Å². The van der Waals surface area contributed by atoms with Crippen LogP contribution in [0.5, 0.6) is 0 Å². The Morgan fingerprint density at radius 2 is 2.19 bits per heavy atom. The zero-order valence-corrected chi connectivity index (χ0v) is 12.1. The standard InChI is InChI=1S/C13H23N5O3/c14-13(15)16-6-3-4-10(9-19)17-11(20)8-18-7-2-1-5-12(18)21/h9-10H,1-8H2,(H,17,20)(H4,14,15,16)/t10-/m0/s1. The minimum Gasteiger partial charge on any atom is -0.370 e. The van der Waals surface area contributed by atoms with Crippen LogP contribution in [-0.2, 0) is 14.4 Å². The maximum absolute atomic E-state index is 11.8. The second-order valence-corrected chi connectivity index (χ2v) is 5.03. The molecule has 0 radical (unpaired) electrons. The predicted molar refractivity (Wildman–Crippen MR) is 78.3 cm³/mol. The van der Waals surface area contributed by atoms with Gasteiger partial charge in [-0.3, -0.25) is 14.6 Å². The number of aldehydes is 1. The minimum atomic E-state index is -0.577. The molecule has 21 heavy (non-hydrogen) atoms. The fourth-order valence-corrected chi connectivity index (χ4v) is 2.15. The van der Waals surface area contributed by atoms with Crippen molar-refractivity contribution >= 4 is 24.1 Å². The molecular formula is C13H23N5O3. The first-order valence-electron chi connectivity index (χ1n) is 7.10. The molecule has 0 aromatic carbocycles.